The van der Waals surface area contributed by atoms with Crippen molar-refractivity contribution in [3.8, 4) is 0 Å². The zero-order valence-corrected chi connectivity index (χ0v) is 10.5. The number of aliphatic carboxylic acids is 1. The van der Waals surface area contributed by atoms with Gasteiger partial charge in [0, 0.05) is 30.9 Å². The Balaban J connectivity index is 2.26. The van der Waals surface area contributed by atoms with Crippen LogP contribution in [-0.4, -0.2) is 41.0 Å². The fourth-order valence-corrected chi connectivity index (χ4v) is 1.79. The molecule has 1 unspecified atom stereocenters. The average molecular weight is 261 g/mol. The molecule has 6 heteroatoms. The Kier molecular flexibility index (Phi) is 4.25. The molecule has 6 nitrogen and oxygen atoms in total. The molecule has 1 aromatic heterocycles. The Morgan fingerprint density at radius 2 is 2.26 bits per heavy atom. The number of anilines is 1. The van der Waals surface area contributed by atoms with Crippen molar-refractivity contribution in [2.75, 3.05) is 19.0 Å². The summed E-state index contributed by atoms with van der Waals surface area (Å²) in [5.41, 5.74) is 0. The van der Waals surface area contributed by atoms with E-state index in [1.807, 2.05) is 24.3 Å². The fourth-order valence-electron chi connectivity index (χ4n) is 1.79. The molecule has 0 aliphatic carbocycles. The van der Waals surface area contributed by atoms with Gasteiger partial charge in [-0.25, -0.2) is 4.79 Å². The molecule has 0 saturated carbocycles. The van der Waals surface area contributed by atoms with Crippen molar-refractivity contribution in [3.05, 3.63) is 30.5 Å². The molecule has 100 valence electrons. The third-order valence-corrected chi connectivity index (χ3v) is 2.79. The number of carboxylic acid groups (broad SMARTS) is 1. The van der Waals surface area contributed by atoms with E-state index in [9.17, 15) is 4.79 Å². The van der Waals surface area contributed by atoms with Crippen LogP contribution in [0.1, 0.15) is 6.42 Å². The Morgan fingerprint density at radius 1 is 1.47 bits per heavy atom. The monoisotopic (exact) mass is 261 g/mol. The molecule has 1 atom stereocenters. The molecule has 1 aromatic carbocycles. The maximum absolute atomic E-state index is 11.2. The lowest BCUT2D eigenvalue weighted by Crippen LogP contribution is -2.31. The van der Waals surface area contributed by atoms with Gasteiger partial charge in [0.05, 0.1) is 6.20 Å². The molecular weight excluding hydrogens is 246 g/mol. The van der Waals surface area contributed by atoms with E-state index in [1.165, 1.54) is 7.11 Å². The second kappa shape index (κ2) is 6.10. The third kappa shape index (κ3) is 3.17. The quantitative estimate of drug-likeness (QED) is 0.820. The fraction of sp³-hybridized carbons (Fsp3) is 0.308. The van der Waals surface area contributed by atoms with E-state index in [0.717, 1.165) is 10.8 Å². The van der Waals surface area contributed by atoms with Crippen molar-refractivity contribution in [1.29, 1.82) is 0 Å². The van der Waals surface area contributed by atoms with Crippen LogP contribution in [0.15, 0.2) is 30.5 Å². The van der Waals surface area contributed by atoms with Crippen molar-refractivity contribution in [2.45, 2.75) is 12.5 Å². The highest BCUT2D eigenvalue weighted by Gasteiger charge is 2.18. The highest BCUT2D eigenvalue weighted by Crippen LogP contribution is 2.20. The first-order valence-corrected chi connectivity index (χ1v) is 5.91. The van der Waals surface area contributed by atoms with Gasteiger partial charge in [0.1, 0.15) is 6.04 Å². The van der Waals surface area contributed by atoms with Crippen molar-refractivity contribution in [3.63, 3.8) is 0 Å². The Hall–Kier alpha value is -2.21. The first-order valence-electron chi connectivity index (χ1n) is 5.91. The van der Waals surface area contributed by atoms with Gasteiger partial charge >= 0.3 is 5.97 Å². The Morgan fingerprint density at radius 3 is 3.00 bits per heavy atom. The van der Waals surface area contributed by atoms with Crippen LogP contribution in [0.2, 0.25) is 0 Å². The first kappa shape index (κ1) is 13.2. The minimum Gasteiger partial charge on any atom is -0.480 e. The lowest BCUT2D eigenvalue weighted by molar-refractivity contribution is -0.138. The molecular formula is C13H15N3O3. The molecule has 0 aliphatic heterocycles. The summed E-state index contributed by atoms with van der Waals surface area (Å²) < 4.78 is 4.91. The van der Waals surface area contributed by atoms with Crippen LogP contribution in [0.4, 0.5) is 5.82 Å². The SMILES string of the molecule is COCCC(Nc1nncc2ccccc12)C(=O)O. The minimum absolute atomic E-state index is 0.358. The standard InChI is InChI=1S/C13H15N3O3/c1-19-7-6-11(13(17)18)15-12-10-5-3-2-4-9(10)8-14-16-12/h2-5,8,11H,6-7H2,1H3,(H,15,16)(H,17,18). The van der Waals surface area contributed by atoms with E-state index in [4.69, 9.17) is 9.84 Å². The second-order valence-electron chi connectivity index (χ2n) is 4.10. The second-order valence-corrected chi connectivity index (χ2v) is 4.10. The van der Waals surface area contributed by atoms with Gasteiger partial charge in [0.2, 0.25) is 0 Å². The van der Waals surface area contributed by atoms with Crippen molar-refractivity contribution in [1.82, 2.24) is 10.2 Å². The highest BCUT2D eigenvalue weighted by molar-refractivity contribution is 5.92. The number of methoxy groups -OCH3 is 1. The number of hydrogen-bond acceptors (Lipinski definition) is 5. The number of benzene rings is 1. The average Bonchev–Trinajstić information content (AvgIpc) is 2.43. The third-order valence-electron chi connectivity index (χ3n) is 2.79. The molecule has 2 N–H and O–H groups in total. The summed E-state index contributed by atoms with van der Waals surface area (Å²) in [6.07, 6.45) is 2.00. The van der Waals surface area contributed by atoms with Crippen LogP contribution in [0.3, 0.4) is 0 Å². The van der Waals surface area contributed by atoms with E-state index in [1.54, 1.807) is 6.20 Å². The van der Waals surface area contributed by atoms with Crippen LogP contribution >= 0.6 is 0 Å². The Bertz CT molecular complexity index is 569. The topological polar surface area (TPSA) is 84.3 Å². The predicted molar refractivity (Wildman–Crippen MR) is 71.1 cm³/mol. The molecule has 0 bridgehead atoms. The van der Waals surface area contributed by atoms with E-state index in [0.29, 0.717) is 18.8 Å². The van der Waals surface area contributed by atoms with Gasteiger partial charge in [-0.1, -0.05) is 24.3 Å². The van der Waals surface area contributed by atoms with E-state index in [-0.39, 0.29) is 0 Å². The number of nitrogens with one attached hydrogen (secondary N) is 1. The predicted octanol–water partition coefficient (Wildman–Crippen LogP) is 1.53. The maximum Gasteiger partial charge on any atom is 0.326 e. The van der Waals surface area contributed by atoms with E-state index >= 15 is 0 Å². The summed E-state index contributed by atoms with van der Waals surface area (Å²) in [5.74, 6) is -0.464. The Labute approximate surface area is 110 Å². The van der Waals surface area contributed by atoms with Crippen molar-refractivity contribution >= 4 is 22.6 Å². The van der Waals surface area contributed by atoms with Crippen molar-refractivity contribution < 1.29 is 14.6 Å². The van der Waals surface area contributed by atoms with Crippen LogP contribution < -0.4 is 5.32 Å². The first-order chi connectivity index (χ1) is 9.22. The smallest absolute Gasteiger partial charge is 0.326 e. The van der Waals surface area contributed by atoms with Gasteiger partial charge in [-0.2, -0.15) is 5.10 Å². The van der Waals surface area contributed by atoms with E-state index in [2.05, 4.69) is 15.5 Å². The summed E-state index contributed by atoms with van der Waals surface area (Å²) in [5, 5.41) is 21.7. The highest BCUT2D eigenvalue weighted by atomic mass is 16.5. The van der Waals surface area contributed by atoms with Crippen LogP contribution in [-0.2, 0) is 9.53 Å². The van der Waals surface area contributed by atoms with E-state index < -0.39 is 12.0 Å². The molecule has 0 radical (unpaired) electrons. The minimum atomic E-state index is -0.938. The molecule has 2 rings (SSSR count). The number of nitrogens with zero attached hydrogens (tertiary/aromatic N) is 2. The maximum atomic E-state index is 11.2. The van der Waals surface area contributed by atoms with Gasteiger partial charge in [0.25, 0.3) is 0 Å². The molecule has 0 fully saturated rings. The number of ether oxygens (including phenoxy) is 1. The molecule has 1 heterocycles. The molecule has 2 aromatic rings. The number of rotatable bonds is 6. The van der Waals surface area contributed by atoms with Gasteiger partial charge in [0.15, 0.2) is 5.82 Å². The number of aromatic nitrogens is 2. The number of carbonyl (C=O) groups is 1. The summed E-state index contributed by atoms with van der Waals surface area (Å²) in [6.45, 7) is 0.363. The van der Waals surface area contributed by atoms with Gasteiger partial charge in [-0.15, -0.1) is 5.10 Å². The van der Waals surface area contributed by atoms with Crippen molar-refractivity contribution in [2.24, 2.45) is 0 Å². The number of carboxylic acids is 1. The van der Waals surface area contributed by atoms with Gasteiger partial charge < -0.3 is 15.2 Å². The lowest BCUT2D eigenvalue weighted by Gasteiger charge is -2.15. The van der Waals surface area contributed by atoms with Crippen LogP contribution in [0, 0.1) is 0 Å². The normalized spacial score (nSPS) is 12.3. The zero-order valence-electron chi connectivity index (χ0n) is 10.5. The lowest BCUT2D eigenvalue weighted by atomic mass is 10.1. The summed E-state index contributed by atoms with van der Waals surface area (Å²) >= 11 is 0. The molecule has 19 heavy (non-hydrogen) atoms. The number of hydrogen-bond donors (Lipinski definition) is 2. The summed E-state index contributed by atoms with van der Waals surface area (Å²) in [7, 11) is 1.54. The van der Waals surface area contributed by atoms with Crippen LogP contribution in [0.5, 0.6) is 0 Å². The van der Waals surface area contributed by atoms with Gasteiger partial charge in [-0.3, -0.25) is 0 Å². The van der Waals surface area contributed by atoms with Crippen LogP contribution in [0.25, 0.3) is 10.8 Å². The number of fused-ring (bicyclic) bond motifs is 1. The summed E-state index contributed by atoms with van der Waals surface area (Å²) in [6, 6.07) is 6.80. The molecule has 0 spiro atoms. The summed E-state index contributed by atoms with van der Waals surface area (Å²) in [4.78, 5) is 11.2. The molecule has 0 saturated heterocycles. The molecule has 0 aliphatic rings. The largest absolute Gasteiger partial charge is 0.480 e. The zero-order chi connectivity index (χ0) is 13.7. The molecule has 0 amide bonds. The van der Waals surface area contributed by atoms with Gasteiger partial charge in [-0.05, 0) is 0 Å².